The van der Waals surface area contributed by atoms with Crippen LogP contribution in [0.5, 0.6) is 0 Å². The Kier molecular flexibility index (Phi) is 4.50. The van der Waals surface area contributed by atoms with E-state index in [2.05, 4.69) is 36.1 Å². The summed E-state index contributed by atoms with van der Waals surface area (Å²) in [4.78, 5) is 7.59. The number of hydrogen-bond acceptors (Lipinski definition) is 3. The Morgan fingerprint density at radius 2 is 2.19 bits per heavy atom. The first-order chi connectivity index (χ1) is 7.42. The van der Waals surface area contributed by atoms with Crippen LogP contribution in [0.15, 0.2) is 6.20 Å². The third kappa shape index (κ3) is 4.33. The summed E-state index contributed by atoms with van der Waals surface area (Å²) in [6.45, 7) is 11.9. The number of ether oxygens (including phenoxy) is 1. The van der Waals surface area contributed by atoms with E-state index in [1.807, 2.05) is 20.0 Å². The number of nitrogens with zero attached hydrogens (tertiary/aromatic N) is 1. The predicted molar refractivity (Wildman–Crippen MR) is 65.2 cm³/mol. The summed E-state index contributed by atoms with van der Waals surface area (Å²) in [6.07, 6.45) is 1.90. The highest BCUT2D eigenvalue weighted by atomic mass is 16.5. The van der Waals surface area contributed by atoms with Crippen LogP contribution < -0.4 is 5.32 Å². The maximum absolute atomic E-state index is 5.47. The molecule has 1 unspecified atom stereocenters. The molecule has 0 aliphatic carbocycles. The van der Waals surface area contributed by atoms with Crippen molar-refractivity contribution in [2.75, 3.05) is 6.61 Å². The molecular formula is C12H23N3O. The highest BCUT2D eigenvalue weighted by Gasteiger charge is 2.12. The van der Waals surface area contributed by atoms with Gasteiger partial charge in [0.2, 0.25) is 0 Å². The molecule has 0 amide bonds. The average Bonchev–Trinajstić information content (AvgIpc) is 2.62. The topological polar surface area (TPSA) is 49.9 Å². The fraction of sp³-hybridized carbons (Fsp3) is 0.750. The van der Waals surface area contributed by atoms with E-state index in [1.54, 1.807) is 0 Å². The van der Waals surface area contributed by atoms with Gasteiger partial charge in [-0.25, -0.2) is 4.98 Å². The molecule has 1 aromatic heterocycles. The van der Waals surface area contributed by atoms with Crippen LogP contribution in [-0.2, 0) is 11.3 Å². The van der Waals surface area contributed by atoms with Crippen molar-refractivity contribution < 1.29 is 4.74 Å². The van der Waals surface area contributed by atoms with Crippen molar-refractivity contribution in [1.29, 1.82) is 0 Å². The third-order valence-electron chi connectivity index (χ3n) is 2.26. The van der Waals surface area contributed by atoms with Crippen molar-refractivity contribution in [3.63, 3.8) is 0 Å². The second-order valence-corrected chi connectivity index (χ2v) is 4.99. The van der Waals surface area contributed by atoms with Crippen LogP contribution >= 0.6 is 0 Å². The number of aromatic amines is 1. The largest absolute Gasteiger partial charge is 0.371 e. The molecule has 16 heavy (non-hydrogen) atoms. The first-order valence-electron chi connectivity index (χ1n) is 5.83. The molecular weight excluding hydrogens is 202 g/mol. The Bertz CT molecular complexity index is 314. The van der Waals surface area contributed by atoms with Gasteiger partial charge in [0.25, 0.3) is 0 Å². The number of rotatable bonds is 5. The van der Waals surface area contributed by atoms with E-state index >= 15 is 0 Å². The van der Waals surface area contributed by atoms with E-state index in [0.29, 0.717) is 6.61 Å². The molecule has 0 fully saturated rings. The van der Waals surface area contributed by atoms with Gasteiger partial charge in [-0.3, -0.25) is 0 Å². The lowest BCUT2D eigenvalue weighted by Crippen LogP contribution is -2.35. The van der Waals surface area contributed by atoms with Gasteiger partial charge in [-0.05, 0) is 34.6 Å². The van der Waals surface area contributed by atoms with Gasteiger partial charge in [-0.1, -0.05) is 0 Å². The Morgan fingerprint density at radius 3 is 2.75 bits per heavy atom. The van der Waals surface area contributed by atoms with Crippen molar-refractivity contribution in [3.05, 3.63) is 17.7 Å². The number of nitrogens with one attached hydrogen (secondary N) is 2. The van der Waals surface area contributed by atoms with Gasteiger partial charge in [0, 0.05) is 30.6 Å². The first-order valence-corrected chi connectivity index (χ1v) is 5.83. The lowest BCUT2D eigenvalue weighted by atomic mass is 10.1. The smallest absolute Gasteiger partial charge is 0.135 e. The van der Waals surface area contributed by atoms with E-state index in [-0.39, 0.29) is 11.6 Å². The van der Waals surface area contributed by atoms with E-state index in [1.165, 1.54) is 0 Å². The number of H-pyrrole nitrogens is 1. The van der Waals surface area contributed by atoms with Gasteiger partial charge in [-0.15, -0.1) is 0 Å². The minimum Gasteiger partial charge on any atom is -0.371 e. The molecule has 0 saturated heterocycles. The number of aromatic nitrogens is 2. The maximum atomic E-state index is 5.47. The maximum Gasteiger partial charge on any atom is 0.135 e. The molecule has 0 spiro atoms. The van der Waals surface area contributed by atoms with Crippen molar-refractivity contribution in [2.45, 2.75) is 52.8 Å². The normalized spacial score (nSPS) is 14.1. The van der Waals surface area contributed by atoms with Crippen LogP contribution in [0.3, 0.4) is 0 Å². The molecule has 0 bridgehead atoms. The molecule has 4 nitrogen and oxygen atoms in total. The molecule has 1 atom stereocenters. The molecule has 2 N–H and O–H groups in total. The zero-order valence-corrected chi connectivity index (χ0v) is 10.9. The molecule has 0 saturated carbocycles. The second-order valence-electron chi connectivity index (χ2n) is 4.99. The van der Waals surface area contributed by atoms with E-state index in [4.69, 9.17) is 4.74 Å². The molecule has 0 aliphatic rings. The predicted octanol–water partition coefficient (Wildman–Crippen LogP) is 2.40. The highest BCUT2D eigenvalue weighted by molar-refractivity contribution is 5.03. The van der Waals surface area contributed by atoms with E-state index in [9.17, 15) is 0 Å². The zero-order chi connectivity index (χ0) is 12.2. The SMILES string of the molecule is CCOC(C)c1ncc(CNC(C)(C)C)[nH]1. The Hall–Kier alpha value is -0.870. The minimum atomic E-state index is 0.0355. The lowest BCUT2D eigenvalue weighted by Gasteiger charge is -2.19. The van der Waals surface area contributed by atoms with Crippen LogP contribution in [0.25, 0.3) is 0 Å². The lowest BCUT2D eigenvalue weighted by molar-refractivity contribution is 0.0706. The average molecular weight is 225 g/mol. The Morgan fingerprint density at radius 1 is 1.50 bits per heavy atom. The summed E-state index contributed by atoms with van der Waals surface area (Å²) in [5.74, 6) is 0.896. The molecule has 92 valence electrons. The first kappa shape index (κ1) is 13.2. The molecule has 1 rings (SSSR count). The van der Waals surface area contributed by atoms with Crippen molar-refractivity contribution in [2.24, 2.45) is 0 Å². The number of imidazole rings is 1. The van der Waals surface area contributed by atoms with Crippen molar-refractivity contribution >= 4 is 0 Å². The highest BCUT2D eigenvalue weighted by Crippen LogP contribution is 2.12. The van der Waals surface area contributed by atoms with Crippen LogP contribution in [0.4, 0.5) is 0 Å². The molecule has 1 heterocycles. The second kappa shape index (κ2) is 5.46. The minimum absolute atomic E-state index is 0.0355. The molecule has 0 aromatic carbocycles. The molecule has 1 aromatic rings. The summed E-state index contributed by atoms with van der Waals surface area (Å²) in [7, 11) is 0. The van der Waals surface area contributed by atoms with Gasteiger partial charge in [0.05, 0.1) is 0 Å². The number of hydrogen-bond donors (Lipinski definition) is 2. The standard InChI is InChI=1S/C12H23N3O/c1-6-16-9(2)11-13-7-10(15-11)8-14-12(3,4)5/h7,9,14H,6,8H2,1-5H3,(H,13,15). The van der Waals surface area contributed by atoms with Gasteiger partial charge in [0.1, 0.15) is 11.9 Å². The third-order valence-corrected chi connectivity index (χ3v) is 2.26. The van der Waals surface area contributed by atoms with Gasteiger partial charge >= 0.3 is 0 Å². The van der Waals surface area contributed by atoms with Crippen LogP contribution in [-0.4, -0.2) is 22.1 Å². The quantitative estimate of drug-likeness (QED) is 0.809. The van der Waals surface area contributed by atoms with Gasteiger partial charge < -0.3 is 15.0 Å². The zero-order valence-electron chi connectivity index (χ0n) is 10.9. The summed E-state index contributed by atoms with van der Waals surface area (Å²) >= 11 is 0. The monoisotopic (exact) mass is 225 g/mol. The van der Waals surface area contributed by atoms with Crippen LogP contribution in [0.2, 0.25) is 0 Å². The summed E-state index contributed by atoms with van der Waals surface area (Å²) in [5, 5.41) is 3.41. The molecule has 0 radical (unpaired) electrons. The van der Waals surface area contributed by atoms with Gasteiger partial charge in [-0.2, -0.15) is 0 Å². The Balaban J connectivity index is 2.51. The van der Waals surface area contributed by atoms with Crippen molar-refractivity contribution in [1.82, 2.24) is 15.3 Å². The summed E-state index contributed by atoms with van der Waals surface area (Å²) < 4.78 is 5.47. The summed E-state index contributed by atoms with van der Waals surface area (Å²) in [6, 6.07) is 0. The van der Waals surface area contributed by atoms with Crippen molar-refractivity contribution in [3.8, 4) is 0 Å². The summed E-state index contributed by atoms with van der Waals surface area (Å²) in [5.41, 5.74) is 1.22. The van der Waals surface area contributed by atoms with Crippen LogP contribution in [0, 0.1) is 0 Å². The van der Waals surface area contributed by atoms with E-state index < -0.39 is 0 Å². The molecule has 0 aliphatic heterocycles. The van der Waals surface area contributed by atoms with E-state index in [0.717, 1.165) is 18.1 Å². The Labute approximate surface area is 97.8 Å². The molecule has 4 heteroatoms. The van der Waals surface area contributed by atoms with Crippen LogP contribution in [0.1, 0.15) is 52.2 Å². The fourth-order valence-electron chi connectivity index (χ4n) is 1.36. The fourth-order valence-corrected chi connectivity index (χ4v) is 1.36. The van der Waals surface area contributed by atoms with Gasteiger partial charge in [0.15, 0.2) is 0 Å².